The standard InChI is InChI=1S/C15H12BrN3O2S2/c1-19-14(21)11-3-2-8(4-12(11)18-15(19)22)13(20)17-6-10-5-9(16)7-23-10/h2-5,7H,6H2,1H3,(H,17,20)(H,18,22). The fourth-order valence-corrected chi connectivity index (χ4v) is 3.75. The molecule has 2 heterocycles. The minimum atomic E-state index is -0.198. The van der Waals surface area contributed by atoms with Gasteiger partial charge in [0.2, 0.25) is 0 Å². The van der Waals surface area contributed by atoms with Crippen LogP contribution >= 0.6 is 39.5 Å². The van der Waals surface area contributed by atoms with Crippen LogP contribution in [0, 0.1) is 4.77 Å². The van der Waals surface area contributed by atoms with E-state index in [1.165, 1.54) is 4.57 Å². The van der Waals surface area contributed by atoms with Gasteiger partial charge in [-0.05, 0) is 52.4 Å². The van der Waals surface area contributed by atoms with Crippen molar-refractivity contribution >= 4 is 56.3 Å². The molecule has 0 radical (unpaired) electrons. The maximum Gasteiger partial charge on any atom is 0.261 e. The zero-order valence-corrected chi connectivity index (χ0v) is 15.3. The summed E-state index contributed by atoms with van der Waals surface area (Å²) in [5.74, 6) is -0.198. The maximum absolute atomic E-state index is 12.3. The number of rotatable bonds is 3. The van der Waals surface area contributed by atoms with Gasteiger partial charge in [-0.2, -0.15) is 0 Å². The van der Waals surface area contributed by atoms with Crippen LogP contribution in [0.3, 0.4) is 0 Å². The molecule has 0 unspecified atom stereocenters. The minimum absolute atomic E-state index is 0.181. The van der Waals surface area contributed by atoms with E-state index in [1.807, 2.05) is 11.4 Å². The maximum atomic E-state index is 12.3. The summed E-state index contributed by atoms with van der Waals surface area (Å²) < 4.78 is 2.69. The number of halogens is 1. The zero-order valence-electron chi connectivity index (χ0n) is 12.1. The summed E-state index contributed by atoms with van der Waals surface area (Å²) in [5.41, 5.74) is 0.857. The Labute approximate surface area is 149 Å². The molecule has 0 atom stereocenters. The third kappa shape index (κ3) is 3.29. The van der Waals surface area contributed by atoms with Crippen LogP contribution in [-0.4, -0.2) is 15.5 Å². The predicted octanol–water partition coefficient (Wildman–Crippen LogP) is 3.35. The molecular formula is C15H12BrN3O2S2. The summed E-state index contributed by atoms with van der Waals surface area (Å²) in [5, 5.41) is 5.33. The summed E-state index contributed by atoms with van der Waals surface area (Å²) in [6.45, 7) is 0.458. The van der Waals surface area contributed by atoms with Crippen molar-refractivity contribution in [1.29, 1.82) is 0 Å². The number of nitrogens with zero attached hydrogens (tertiary/aromatic N) is 1. The summed E-state index contributed by atoms with van der Waals surface area (Å²) in [6.07, 6.45) is 0. The Morgan fingerprint density at radius 2 is 2.22 bits per heavy atom. The summed E-state index contributed by atoms with van der Waals surface area (Å²) in [4.78, 5) is 28.4. The highest BCUT2D eigenvalue weighted by molar-refractivity contribution is 9.10. The van der Waals surface area contributed by atoms with Gasteiger partial charge in [0, 0.05) is 27.3 Å². The number of hydrogen-bond acceptors (Lipinski definition) is 4. The Hall–Kier alpha value is -1.77. The number of carbonyl (C=O) groups excluding carboxylic acids is 1. The largest absolute Gasteiger partial charge is 0.347 e. The van der Waals surface area contributed by atoms with Gasteiger partial charge in [-0.15, -0.1) is 11.3 Å². The molecule has 0 bridgehead atoms. The molecule has 23 heavy (non-hydrogen) atoms. The van der Waals surface area contributed by atoms with Gasteiger partial charge < -0.3 is 10.3 Å². The average Bonchev–Trinajstić information content (AvgIpc) is 2.95. The van der Waals surface area contributed by atoms with E-state index >= 15 is 0 Å². The van der Waals surface area contributed by atoms with E-state index in [0.717, 1.165) is 9.35 Å². The van der Waals surface area contributed by atoms with Crippen molar-refractivity contribution in [2.24, 2.45) is 7.05 Å². The third-order valence-corrected chi connectivity index (χ3v) is 5.48. The Bertz CT molecular complexity index is 1020. The van der Waals surface area contributed by atoms with E-state index in [9.17, 15) is 9.59 Å². The summed E-state index contributed by atoms with van der Waals surface area (Å²) >= 11 is 10.1. The predicted molar refractivity (Wildman–Crippen MR) is 97.6 cm³/mol. The Morgan fingerprint density at radius 3 is 2.91 bits per heavy atom. The van der Waals surface area contributed by atoms with Crippen LogP contribution in [0.4, 0.5) is 0 Å². The molecule has 3 aromatic rings. The number of fused-ring (bicyclic) bond motifs is 1. The fourth-order valence-electron chi connectivity index (χ4n) is 2.16. The van der Waals surface area contributed by atoms with Gasteiger partial charge >= 0.3 is 0 Å². The molecule has 0 saturated carbocycles. The molecule has 0 saturated heterocycles. The number of hydrogen-bond donors (Lipinski definition) is 2. The topological polar surface area (TPSA) is 66.9 Å². The van der Waals surface area contributed by atoms with Crippen molar-refractivity contribution in [2.75, 3.05) is 0 Å². The molecule has 2 aromatic heterocycles. The third-order valence-electron chi connectivity index (χ3n) is 3.41. The number of carbonyl (C=O) groups is 1. The van der Waals surface area contributed by atoms with E-state index in [4.69, 9.17) is 12.2 Å². The molecule has 8 heteroatoms. The lowest BCUT2D eigenvalue weighted by molar-refractivity contribution is 0.0951. The fraction of sp³-hybridized carbons (Fsp3) is 0.133. The summed E-state index contributed by atoms with van der Waals surface area (Å²) in [6, 6.07) is 6.89. The van der Waals surface area contributed by atoms with Gasteiger partial charge in [0.05, 0.1) is 17.4 Å². The molecule has 1 aromatic carbocycles. The first-order valence-electron chi connectivity index (χ1n) is 6.70. The van der Waals surface area contributed by atoms with Crippen LogP contribution in [-0.2, 0) is 13.6 Å². The zero-order chi connectivity index (χ0) is 16.6. The molecule has 0 aliphatic rings. The lowest BCUT2D eigenvalue weighted by Crippen LogP contribution is -2.23. The second kappa shape index (κ2) is 6.38. The smallest absolute Gasteiger partial charge is 0.261 e. The first kappa shape index (κ1) is 16.1. The second-order valence-corrected chi connectivity index (χ2v) is 7.27. The van der Waals surface area contributed by atoms with Crippen LogP contribution in [0.15, 0.2) is 38.9 Å². The minimum Gasteiger partial charge on any atom is -0.347 e. The quantitative estimate of drug-likeness (QED) is 0.651. The number of benzene rings is 1. The van der Waals surface area contributed by atoms with E-state index in [1.54, 1.807) is 36.6 Å². The van der Waals surface area contributed by atoms with Crippen molar-refractivity contribution in [1.82, 2.24) is 14.9 Å². The lowest BCUT2D eigenvalue weighted by Gasteiger charge is -2.06. The van der Waals surface area contributed by atoms with Crippen LogP contribution in [0.1, 0.15) is 15.2 Å². The number of nitrogens with one attached hydrogen (secondary N) is 2. The first-order chi connectivity index (χ1) is 11.0. The molecule has 0 spiro atoms. The number of H-pyrrole nitrogens is 1. The molecule has 2 N–H and O–H groups in total. The van der Waals surface area contributed by atoms with Gasteiger partial charge in [-0.3, -0.25) is 14.2 Å². The van der Waals surface area contributed by atoms with Crippen molar-refractivity contribution in [3.8, 4) is 0 Å². The van der Waals surface area contributed by atoms with E-state index in [0.29, 0.717) is 27.8 Å². The normalized spacial score (nSPS) is 10.9. The van der Waals surface area contributed by atoms with Gasteiger partial charge in [0.1, 0.15) is 0 Å². The number of aromatic amines is 1. The van der Waals surface area contributed by atoms with Crippen LogP contribution in [0.2, 0.25) is 0 Å². The highest BCUT2D eigenvalue weighted by Gasteiger charge is 2.09. The lowest BCUT2D eigenvalue weighted by atomic mass is 10.1. The second-order valence-electron chi connectivity index (χ2n) is 4.97. The van der Waals surface area contributed by atoms with Gasteiger partial charge in [-0.1, -0.05) is 0 Å². The van der Waals surface area contributed by atoms with Crippen LogP contribution in [0.25, 0.3) is 10.9 Å². The van der Waals surface area contributed by atoms with Crippen molar-refractivity contribution in [2.45, 2.75) is 6.54 Å². The Balaban J connectivity index is 1.88. The van der Waals surface area contributed by atoms with Crippen LogP contribution < -0.4 is 10.9 Å². The average molecular weight is 410 g/mol. The highest BCUT2D eigenvalue weighted by atomic mass is 79.9. The number of aromatic nitrogens is 2. The van der Waals surface area contributed by atoms with Crippen molar-refractivity contribution < 1.29 is 4.79 Å². The van der Waals surface area contributed by atoms with E-state index in [-0.39, 0.29) is 11.5 Å². The van der Waals surface area contributed by atoms with Crippen molar-refractivity contribution in [3.63, 3.8) is 0 Å². The van der Waals surface area contributed by atoms with E-state index in [2.05, 4.69) is 26.2 Å². The Kier molecular flexibility index (Phi) is 4.47. The molecule has 118 valence electrons. The molecule has 5 nitrogen and oxygen atoms in total. The van der Waals surface area contributed by atoms with Gasteiger partial charge in [0.15, 0.2) is 4.77 Å². The molecular weight excluding hydrogens is 398 g/mol. The first-order valence-corrected chi connectivity index (χ1v) is 8.78. The summed E-state index contributed by atoms with van der Waals surface area (Å²) in [7, 11) is 1.61. The molecule has 0 aliphatic carbocycles. The monoisotopic (exact) mass is 409 g/mol. The molecule has 0 fully saturated rings. The van der Waals surface area contributed by atoms with Gasteiger partial charge in [0.25, 0.3) is 11.5 Å². The molecule has 0 aliphatic heterocycles. The molecule has 3 rings (SSSR count). The number of thiophene rings is 1. The Morgan fingerprint density at radius 1 is 1.43 bits per heavy atom. The highest BCUT2D eigenvalue weighted by Crippen LogP contribution is 2.19. The van der Waals surface area contributed by atoms with Crippen molar-refractivity contribution in [3.05, 3.63) is 59.7 Å². The van der Waals surface area contributed by atoms with Crippen LogP contribution in [0.5, 0.6) is 0 Å². The number of amides is 1. The van der Waals surface area contributed by atoms with E-state index < -0.39 is 0 Å². The molecule has 1 amide bonds. The SMILES string of the molecule is Cn1c(=S)[nH]c2cc(C(=O)NCc3cc(Br)cs3)ccc2c1=O. The van der Waals surface area contributed by atoms with Gasteiger partial charge in [-0.25, -0.2) is 0 Å².